The second kappa shape index (κ2) is 5.93. The largest absolute Gasteiger partial charge is 0.485 e. The minimum Gasteiger partial charge on any atom is -0.485 e. The number of hydrogen-bond donors (Lipinski definition) is 1. The predicted molar refractivity (Wildman–Crippen MR) is 82.5 cm³/mol. The number of nitrogens with two attached hydrogens (primary N) is 1. The number of halogens is 5. The normalized spacial score (nSPS) is 23.2. The lowest BCUT2D eigenvalue weighted by Gasteiger charge is -2.36. The number of quaternary nitrogens is 1. The number of carbonyl (C=O) groups excluding carboxylic acids is 2. The molecule has 0 aromatic heterocycles. The quantitative estimate of drug-likeness (QED) is 0.314. The molecule has 26 heavy (non-hydrogen) atoms. The number of fused-ring (bicyclic) bond motifs is 1. The molecule has 1 aromatic carbocycles. The molecule has 2 N–H and O–H groups in total. The van der Waals surface area contributed by atoms with E-state index in [1.54, 1.807) is 0 Å². The van der Waals surface area contributed by atoms with Gasteiger partial charge in [-0.15, -0.1) is 4.59 Å². The van der Waals surface area contributed by atoms with Crippen molar-refractivity contribution in [2.45, 2.75) is 6.18 Å². The zero-order valence-corrected chi connectivity index (χ0v) is 14.6. The van der Waals surface area contributed by atoms with E-state index in [9.17, 15) is 27.2 Å². The zero-order chi connectivity index (χ0) is 19.4. The Morgan fingerprint density at radius 1 is 1.23 bits per heavy atom. The molecule has 1 atom stereocenters. The smallest absolute Gasteiger partial charge is 0.469 e. The number of ether oxygens (including phenoxy) is 2. The summed E-state index contributed by atoms with van der Waals surface area (Å²) in [6.45, 7) is 0.117. The summed E-state index contributed by atoms with van der Waals surface area (Å²) in [5.41, 5.74) is -2.24. The first-order chi connectivity index (χ1) is 12.0. The van der Waals surface area contributed by atoms with Gasteiger partial charge in [-0.3, -0.25) is 4.79 Å². The van der Waals surface area contributed by atoms with E-state index in [1.165, 1.54) is 0 Å². The first-order valence-corrected chi connectivity index (χ1v) is 7.86. The number of rotatable bonds is 1. The molecule has 3 rings (SSSR count). The van der Waals surface area contributed by atoms with Crippen molar-refractivity contribution >= 4 is 33.6 Å². The van der Waals surface area contributed by atoms with E-state index >= 15 is 0 Å². The molecule has 0 saturated carbocycles. The van der Waals surface area contributed by atoms with Gasteiger partial charge in [0.15, 0.2) is 17.3 Å². The second-order valence-corrected chi connectivity index (χ2v) is 6.46. The van der Waals surface area contributed by atoms with Crippen molar-refractivity contribution < 1.29 is 41.2 Å². The van der Waals surface area contributed by atoms with Gasteiger partial charge in [-0.2, -0.15) is 23.9 Å². The van der Waals surface area contributed by atoms with Gasteiger partial charge < -0.3 is 9.47 Å². The van der Waals surface area contributed by atoms with Crippen LogP contribution < -0.4 is 20.2 Å². The molecule has 0 spiro atoms. The Morgan fingerprint density at radius 3 is 2.38 bits per heavy atom. The van der Waals surface area contributed by atoms with Crippen LogP contribution in [0.15, 0.2) is 22.3 Å². The molecule has 140 valence electrons. The maximum absolute atomic E-state index is 14.6. The van der Waals surface area contributed by atoms with E-state index in [1.807, 2.05) is 0 Å². The minimum atomic E-state index is -5.03. The van der Waals surface area contributed by atoms with E-state index < -0.39 is 39.9 Å². The highest BCUT2D eigenvalue weighted by molar-refractivity contribution is 9.10. The summed E-state index contributed by atoms with van der Waals surface area (Å²) >= 11 is 3.06. The second-order valence-electron chi connectivity index (χ2n) is 5.60. The molecule has 0 aliphatic carbocycles. The van der Waals surface area contributed by atoms with Crippen LogP contribution in [-0.2, 0) is 4.79 Å². The van der Waals surface area contributed by atoms with Crippen molar-refractivity contribution in [2.75, 3.05) is 25.2 Å². The van der Waals surface area contributed by atoms with Gasteiger partial charge in [0.05, 0.1) is 10.5 Å². The average molecular weight is 441 g/mol. The number of anilines is 1. The van der Waals surface area contributed by atoms with Gasteiger partial charge in [-0.1, -0.05) is 0 Å². The predicted octanol–water partition coefficient (Wildman–Crippen LogP) is 2.59. The fourth-order valence-electron chi connectivity index (χ4n) is 2.61. The third-order valence-electron chi connectivity index (χ3n) is 3.78. The summed E-state index contributed by atoms with van der Waals surface area (Å²) in [6, 6.07) is -0.588. The summed E-state index contributed by atoms with van der Waals surface area (Å²) in [6.07, 6.45) is -4.88. The third-order valence-corrected chi connectivity index (χ3v) is 4.37. The zero-order valence-electron chi connectivity index (χ0n) is 13.1. The summed E-state index contributed by atoms with van der Waals surface area (Å²) < 4.78 is 62.8. The number of alkyl halides is 3. The lowest BCUT2D eigenvalue weighted by atomic mass is 10.1. The molecule has 3 amide bonds. The van der Waals surface area contributed by atoms with Crippen molar-refractivity contribution in [3.05, 3.63) is 28.1 Å². The third kappa shape index (κ3) is 2.73. The molecule has 1 aromatic rings. The number of hydrogen-bond acceptors (Lipinski definition) is 5. The molecule has 1 unspecified atom stereocenters. The molecule has 2 aliphatic heterocycles. The van der Waals surface area contributed by atoms with Gasteiger partial charge in [0.25, 0.3) is 5.91 Å². The lowest BCUT2D eigenvalue weighted by molar-refractivity contribution is -0.812. The van der Waals surface area contributed by atoms with Crippen LogP contribution in [0, 0.1) is 5.82 Å². The van der Waals surface area contributed by atoms with Crippen molar-refractivity contribution in [1.29, 1.82) is 0 Å². The standard InChI is InChI=1S/C14H11BrF4N3O4/c1-22(20)8(14(17,18)19)5-9(23)21(13(22)24)10-7(16)4-6(15)11-12(10)26-3-2-25-11/h4-5H,2-3,20H2,1H3/q+1. The Labute approximate surface area is 152 Å². The van der Waals surface area contributed by atoms with Crippen LogP contribution in [0.1, 0.15) is 0 Å². The summed E-state index contributed by atoms with van der Waals surface area (Å²) in [5.74, 6) is 2.76. The maximum atomic E-state index is 14.6. The monoisotopic (exact) mass is 440 g/mol. The Kier molecular flexibility index (Phi) is 4.24. The van der Waals surface area contributed by atoms with E-state index in [-0.39, 0.29) is 40.2 Å². The lowest BCUT2D eigenvalue weighted by Crippen LogP contribution is -2.66. The molecule has 7 nitrogen and oxygen atoms in total. The van der Waals surface area contributed by atoms with Crippen LogP contribution in [0.2, 0.25) is 0 Å². The summed E-state index contributed by atoms with van der Waals surface area (Å²) in [7, 11) is 0.738. The molecule has 0 fully saturated rings. The van der Waals surface area contributed by atoms with E-state index in [4.69, 9.17) is 15.3 Å². The highest BCUT2D eigenvalue weighted by atomic mass is 79.9. The molecular formula is C14H11BrF4N3O4+. The Morgan fingerprint density at radius 2 is 1.81 bits per heavy atom. The Hall–Kier alpha value is -2.18. The van der Waals surface area contributed by atoms with Crippen LogP contribution in [0.5, 0.6) is 11.5 Å². The van der Waals surface area contributed by atoms with Crippen molar-refractivity contribution in [3.63, 3.8) is 0 Å². The number of allylic oxidation sites excluding steroid dienone is 1. The summed E-state index contributed by atoms with van der Waals surface area (Å²) in [4.78, 5) is 25.0. The molecule has 0 radical (unpaired) electrons. The molecule has 12 heteroatoms. The number of benzene rings is 1. The van der Waals surface area contributed by atoms with Gasteiger partial charge in [0, 0.05) is 0 Å². The fraction of sp³-hybridized carbons (Fsp3) is 0.286. The number of urea groups is 1. The molecule has 2 aliphatic rings. The van der Waals surface area contributed by atoms with Gasteiger partial charge in [0.1, 0.15) is 25.9 Å². The van der Waals surface area contributed by atoms with Gasteiger partial charge in [-0.05, 0) is 22.0 Å². The summed E-state index contributed by atoms with van der Waals surface area (Å²) in [5, 5.41) is 0. The highest BCUT2D eigenvalue weighted by Gasteiger charge is 2.57. The first kappa shape index (κ1) is 18.6. The van der Waals surface area contributed by atoms with Gasteiger partial charge in [-0.25, -0.2) is 9.18 Å². The van der Waals surface area contributed by atoms with Crippen LogP contribution >= 0.6 is 15.9 Å². The van der Waals surface area contributed by atoms with Crippen LogP contribution in [0.4, 0.5) is 28.0 Å². The molecular weight excluding hydrogens is 430 g/mol. The minimum absolute atomic E-state index is 0.00942. The SMILES string of the molecule is C[N+]1(N)C(=O)N(c2c(F)cc(Br)c3c2OCCO3)C(=O)C=C1C(F)(F)F. The fourth-order valence-corrected chi connectivity index (χ4v) is 3.10. The van der Waals surface area contributed by atoms with Crippen LogP contribution in [-0.4, -0.2) is 43.0 Å². The van der Waals surface area contributed by atoms with Gasteiger partial charge in [0.2, 0.25) is 5.70 Å². The molecule has 2 heterocycles. The van der Waals surface area contributed by atoms with Crippen LogP contribution in [0.25, 0.3) is 0 Å². The van der Waals surface area contributed by atoms with Gasteiger partial charge >= 0.3 is 12.2 Å². The van der Waals surface area contributed by atoms with Crippen LogP contribution in [0.3, 0.4) is 0 Å². The number of imide groups is 1. The van der Waals surface area contributed by atoms with E-state index in [0.717, 1.165) is 13.1 Å². The maximum Gasteiger partial charge on any atom is 0.469 e. The van der Waals surface area contributed by atoms with Crippen molar-refractivity contribution in [1.82, 2.24) is 0 Å². The topological polar surface area (TPSA) is 81.9 Å². The van der Waals surface area contributed by atoms with Crippen molar-refractivity contribution in [3.8, 4) is 11.5 Å². The van der Waals surface area contributed by atoms with E-state index in [2.05, 4.69) is 15.9 Å². The number of amides is 3. The number of carbonyl (C=O) groups is 2. The van der Waals surface area contributed by atoms with E-state index in [0.29, 0.717) is 0 Å². The number of nitrogens with zero attached hydrogens (tertiary/aromatic N) is 2. The van der Waals surface area contributed by atoms with Crippen molar-refractivity contribution in [2.24, 2.45) is 5.84 Å². The highest BCUT2D eigenvalue weighted by Crippen LogP contribution is 2.48. The molecule has 0 bridgehead atoms. The first-order valence-electron chi connectivity index (χ1n) is 7.07. The average Bonchev–Trinajstić information content (AvgIpc) is 2.53. The Bertz CT molecular complexity index is 854. The Balaban J connectivity index is 2.22. The molecule has 0 saturated heterocycles.